The van der Waals surface area contributed by atoms with E-state index in [9.17, 15) is 24.0 Å². The minimum absolute atomic E-state index is 0.0288. The maximum Gasteiger partial charge on any atom is 0.315 e. The summed E-state index contributed by atoms with van der Waals surface area (Å²) in [6, 6.07) is 11.5. The molecule has 2 aliphatic heterocycles. The lowest BCUT2D eigenvalue weighted by atomic mass is 10.0. The number of benzene rings is 1. The maximum absolute atomic E-state index is 12.4. The third-order valence-electron chi connectivity index (χ3n) is 14.3. The van der Waals surface area contributed by atoms with Gasteiger partial charge in [0.25, 0.3) is 5.91 Å². The fraction of sp³-hybridized carbons (Fsp3) is 0.596. The number of nitrogens with two attached hydrogens (primary N) is 1. The number of rotatable bonds is 43. The van der Waals surface area contributed by atoms with E-state index in [0.717, 1.165) is 99.6 Å². The normalized spacial score (nSPS) is 15.6. The summed E-state index contributed by atoms with van der Waals surface area (Å²) in [5.41, 5.74) is 9.42. The Hall–Kier alpha value is -7.20. The number of hydrogen-bond acceptors (Lipinski definition) is 19. The molecule has 1 aromatic carbocycles. The molecule has 84 heavy (non-hydrogen) atoms. The molecular formula is C57H81N15O11S. The molecular weight excluding hydrogens is 1100 g/mol. The van der Waals surface area contributed by atoms with Gasteiger partial charge in [0.2, 0.25) is 23.6 Å². The first-order valence-electron chi connectivity index (χ1n) is 29.5. The van der Waals surface area contributed by atoms with E-state index >= 15 is 0 Å². The summed E-state index contributed by atoms with van der Waals surface area (Å²) in [4.78, 5) is 69.9. The maximum atomic E-state index is 12.4. The molecule has 7 N–H and O–H groups in total. The number of nitrogen functional groups attached to an aromatic ring is 1. The number of thioether (sulfide) groups is 1. The van der Waals surface area contributed by atoms with Gasteiger partial charge in [-0.05, 0) is 87.6 Å². The van der Waals surface area contributed by atoms with E-state index in [0.29, 0.717) is 145 Å². The molecule has 27 heteroatoms. The molecule has 2 aliphatic rings. The van der Waals surface area contributed by atoms with E-state index in [-0.39, 0.29) is 54.2 Å². The number of carbonyl (C=O) groups is 5. The molecule has 0 spiro atoms. The van der Waals surface area contributed by atoms with Crippen LogP contribution < -0.4 is 37.1 Å². The van der Waals surface area contributed by atoms with Crippen molar-refractivity contribution in [3.63, 3.8) is 0 Å². The lowest BCUT2D eigenvalue weighted by Gasteiger charge is -2.16. The predicted molar refractivity (Wildman–Crippen MR) is 313 cm³/mol. The van der Waals surface area contributed by atoms with Crippen LogP contribution in [-0.2, 0) is 64.1 Å². The average Bonchev–Trinajstić information content (AvgIpc) is 3.84. The van der Waals surface area contributed by atoms with E-state index in [1.807, 2.05) is 51.6 Å². The lowest BCUT2D eigenvalue weighted by Crippen LogP contribution is -2.36. The highest BCUT2D eigenvalue weighted by Crippen LogP contribution is 2.33. The van der Waals surface area contributed by atoms with Crippen LogP contribution in [0.2, 0.25) is 0 Å². The second-order valence-corrected chi connectivity index (χ2v) is 22.0. The van der Waals surface area contributed by atoms with Gasteiger partial charge in [0.1, 0.15) is 11.5 Å². The average molecular weight is 1180 g/mol. The number of aryl methyl sites for hydroxylation is 4. The predicted octanol–water partition coefficient (Wildman–Crippen LogP) is 4.38. The van der Waals surface area contributed by atoms with Crippen LogP contribution in [0.15, 0.2) is 59.5 Å². The third kappa shape index (κ3) is 20.8. The Morgan fingerprint density at radius 3 is 2.20 bits per heavy atom. The molecule has 5 aromatic heterocycles. The topological polar surface area (TPSA) is 322 Å². The summed E-state index contributed by atoms with van der Waals surface area (Å²) in [6.45, 7) is 5.73. The van der Waals surface area contributed by atoms with Gasteiger partial charge in [0.05, 0.1) is 88.5 Å². The third-order valence-corrected chi connectivity index (χ3v) is 15.8. The van der Waals surface area contributed by atoms with E-state index in [2.05, 4.69) is 57.1 Å². The summed E-state index contributed by atoms with van der Waals surface area (Å²) in [6.07, 6.45) is 17.4. The molecule has 0 saturated carbocycles. The number of nitrogens with one attached hydrogen (secondary N) is 5. The van der Waals surface area contributed by atoms with Crippen LogP contribution in [0.3, 0.4) is 0 Å². The number of urea groups is 1. The number of amides is 5. The number of unbranched alkanes of at least 4 members (excludes halogenated alkanes) is 5. The molecule has 0 radical (unpaired) electrons. The SMILES string of the molecule is Nc1nc2c(cnn2CCCc2ccc(OCC(=O)NCCNC(=O)CCCCc3cn(CCCCCCC(=O)CCOCCOCCOCCOCCNC(=O)CCCC[C@@H]4SC[C@@H]5NC(=O)N[C@@H]54)nn3)cc2)c2nc(-c3ccco3)nn12. The van der Waals surface area contributed by atoms with E-state index < -0.39 is 0 Å². The van der Waals surface area contributed by atoms with Crippen LogP contribution in [0, 0.1) is 0 Å². The molecule has 0 aliphatic carbocycles. The quantitative estimate of drug-likeness (QED) is 0.0228. The zero-order chi connectivity index (χ0) is 58.6. The van der Waals surface area contributed by atoms with Gasteiger partial charge < -0.3 is 60.4 Å². The Kier molecular flexibility index (Phi) is 25.8. The number of nitrogens with zero attached hydrogens (tertiary/aromatic N) is 9. The van der Waals surface area contributed by atoms with Crippen molar-refractivity contribution in [3.05, 3.63) is 66.3 Å². The molecule has 0 unspecified atom stereocenters. The first-order chi connectivity index (χ1) is 41.1. The van der Waals surface area contributed by atoms with Crippen LogP contribution >= 0.6 is 11.8 Å². The summed E-state index contributed by atoms with van der Waals surface area (Å²) < 4.78 is 38.5. The van der Waals surface area contributed by atoms with Gasteiger partial charge in [-0.2, -0.15) is 26.4 Å². The molecule has 2 saturated heterocycles. The molecule has 7 heterocycles. The van der Waals surface area contributed by atoms with Crippen LogP contribution in [0.5, 0.6) is 5.75 Å². The second-order valence-electron chi connectivity index (χ2n) is 20.8. The van der Waals surface area contributed by atoms with Gasteiger partial charge in [0.15, 0.2) is 23.7 Å². The smallest absolute Gasteiger partial charge is 0.315 e. The van der Waals surface area contributed by atoms with E-state index in [1.54, 1.807) is 24.6 Å². The highest BCUT2D eigenvalue weighted by molar-refractivity contribution is 8.00. The van der Waals surface area contributed by atoms with E-state index in [4.69, 9.17) is 33.8 Å². The van der Waals surface area contributed by atoms with Gasteiger partial charge in [-0.3, -0.25) is 23.9 Å². The molecule has 8 rings (SSSR count). The van der Waals surface area contributed by atoms with Crippen LogP contribution in [0.25, 0.3) is 28.3 Å². The zero-order valence-electron chi connectivity index (χ0n) is 47.8. The molecule has 3 atom stereocenters. The Morgan fingerprint density at radius 2 is 1.43 bits per heavy atom. The Bertz CT molecular complexity index is 2970. The summed E-state index contributed by atoms with van der Waals surface area (Å²) >= 11 is 1.89. The van der Waals surface area contributed by atoms with Crippen LogP contribution in [0.4, 0.5) is 10.7 Å². The van der Waals surface area contributed by atoms with Crippen molar-refractivity contribution in [3.8, 4) is 17.3 Å². The molecule has 5 amide bonds. The van der Waals surface area contributed by atoms with Crippen LogP contribution in [-0.4, -0.2) is 176 Å². The number of ether oxygens (including phenoxy) is 5. The van der Waals surface area contributed by atoms with E-state index in [1.165, 1.54) is 4.52 Å². The number of aromatic nitrogens is 9. The number of anilines is 1. The number of fused-ring (bicyclic) bond motifs is 4. The van der Waals surface area contributed by atoms with Crippen molar-refractivity contribution < 1.29 is 52.1 Å². The minimum Gasteiger partial charge on any atom is -0.484 e. The van der Waals surface area contributed by atoms with Crippen LogP contribution in [0.1, 0.15) is 101 Å². The van der Waals surface area contributed by atoms with Crippen molar-refractivity contribution >= 4 is 63.9 Å². The number of hydrogen-bond donors (Lipinski definition) is 6. The van der Waals surface area contributed by atoms with Crippen molar-refractivity contribution in [2.24, 2.45) is 0 Å². The molecule has 6 aromatic rings. The number of carbonyl (C=O) groups excluding carboxylic acids is 5. The fourth-order valence-corrected chi connectivity index (χ4v) is 11.4. The number of furan rings is 1. The van der Waals surface area contributed by atoms with Gasteiger partial charge in [0, 0.05) is 75.6 Å². The van der Waals surface area contributed by atoms with Gasteiger partial charge in [-0.1, -0.05) is 36.6 Å². The van der Waals surface area contributed by atoms with Crippen molar-refractivity contribution in [2.75, 3.05) is 90.6 Å². The first kappa shape index (κ1) is 62.8. The van der Waals surface area contributed by atoms with Crippen molar-refractivity contribution in [1.82, 2.24) is 70.9 Å². The Labute approximate surface area is 492 Å². The van der Waals surface area contributed by atoms with Gasteiger partial charge >= 0.3 is 6.03 Å². The summed E-state index contributed by atoms with van der Waals surface area (Å²) in [5.74, 6) is 2.57. The lowest BCUT2D eigenvalue weighted by molar-refractivity contribution is -0.124. The molecule has 0 bridgehead atoms. The highest BCUT2D eigenvalue weighted by Gasteiger charge is 2.42. The monoisotopic (exact) mass is 1180 g/mol. The largest absolute Gasteiger partial charge is 0.484 e. The van der Waals surface area contributed by atoms with Crippen molar-refractivity contribution in [1.29, 1.82) is 0 Å². The summed E-state index contributed by atoms with van der Waals surface area (Å²) in [5, 5.41) is 33.2. The second kappa shape index (κ2) is 34.5. The first-order valence-corrected chi connectivity index (χ1v) is 30.5. The Balaban J connectivity index is 0.532. The minimum atomic E-state index is -0.277. The number of Topliss-reactive ketones (excluding diaryl/α,β-unsaturated/α-hetero) is 1. The standard InChI is InChI=1S/C57H81N15O11S/c58-56-66-54-45(55-65-53(68-72(55)56)47-14-10-28-82-47)37-62-71(54)27-9-11-41-18-20-44(21-19-41)83-39-51(76)60-24-23-59-49(74)16-6-4-12-42-38-70(69-67-42)26-8-2-1-3-13-43(73)22-29-78-31-33-80-35-36-81-34-32-79-30-25-61-50(75)17-7-5-15-48-52-46(40-84-48)63-57(77)64-52/h10,14,18-21,28,37-38,46,48,52H,1-9,11-13,15-17,22-27,29-36,39-40H2,(H2,58,66)(H,59,74)(H,60,76)(H,61,75)(H2,63,64,77)/t46-,48-,52-/m0/s1. The molecule has 2 fully saturated rings. The zero-order valence-corrected chi connectivity index (χ0v) is 48.7. The van der Waals surface area contributed by atoms with Crippen molar-refractivity contribution in [2.45, 2.75) is 133 Å². The highest BCUT2D eigenvalue weighted by atomic mass is 32.2. The summed E-state index contributed by atoms with van der Waals surface area (Å²) in [7, 11) is 0. The fourth-order valence-electron chi connectivity index (χ4n) is 9.81. The van der Waals surface area contributed by atoms with Gasteiger partial charge in [-0.15, -0.1) is 10.2 Å². The molecule has 26 nitrogen and oxygen atoms in total. The Morgan fingerprint density at radius 1 is 0.714 bits per heavy atom. The molecule has 456 valence electrons. The number of ketones is 1. The van der Waals surface area contributed by atoms with Gasteiger partial charge in [-0.25, -0.2) is 14.5 Å².